The molecule has 230 valence electrons. The van der Waals surface area contributed by atoms with Crippen molar-refractivity contribution in [3.05, 3.63) is 101 Å². The van der Waals surface area contributed by atoms with E-state index in [0.29, 0.717) is 49.6 Å². The molecular formula is C32H34F4N7O+. The number of halogens is 4. The minimum absolute atomic E-state index is 0.0916. The minimum atomic E-state index is -2.69. The van der Waals surface area contributed by atoms with Gasteiger partial charge < -0.3 is 15.4 Å². The van der Waals surface area contributed by atoms with Crippen LogP contribution in [0, 0.1) is 11.6 Å². The lowest BCUT2D eigenvalue weighted by Gasteiger charge is -2.32. The molecule has 12 heteroatoms. The van der Waals surface area contributed by atoms with Crippen LogP contribution in [0.3, 0.4) is 0 Å². The summed E-state index contributed by atoms with van der Waals surface area (Å²) in [7, 11) is 0. The van der Waals surface area contributed by atoms with Crippen molar-refractivity contribution in [2.45, 2.75) is 38.7 Å². The van der Waals surface area contributed by atoms with E-state index in [-0.39, 0.29) is 42.4 Å². The summed E-state index contributed by atoms with van der Waals surface area (Å²) in [6.45, 7) is 2.65. The Morgan fingerprint density at radius 1 is 1.09 bits per heavy atom. The summed E-state index contributed by atoms with van der Waals surface area (Å²) in [5, 5.41) is 12.9. The van der Waals surface area contributed by atoms with E-state index in [1.165, 1.54) is 0 Å². The van der Waals surface area contributed by atoms with Crippen molar-refractivity contribution in [1.29, 1.82) is 0 Å². The van der Waals surface area contributed by atoms with Gasteiger partial charge in [0.05, 0.1) is 18.7 Å². The summed E-state index contributed by atoms with van der Waals surface area (Å²) < 4.78 is 62.5. The number of nitrogens with one attached hydrogen (secondary N) is 2. The van der Waals surface area contributed by atoms with E-state index >= 15 is 0 Å². The lowest BCUT2D eigenvalue weighted by atomic mass is 10.1. The monoisotopic (exact) mass is 608 g/mol. The Balaban J connectivity index is 1.37. The minimum Gasteiger partial charge on any atom is -0.494 e. The third kappa shape index (κ3) is 7.67. The van der Waals surface area contributed by atoms with Gasteiger partial charge in [-0.15, -0.1) is 0 Å². The fourth-order valence-electron chi connectivity index (χ4n) is 5.09. The Hall–Kier alpha value is -4.58. The molecule has 2 aromatic heterocycles. The molecule has 1 aliphatic heterocycles. The third-order valence-corrected chi connectivity index (χ3v) is 7.32. The maximum atomic E-state index is 14.7. The molecule has 3 heterocycles. The SMILES string of the molecule is CCOc1cc(F)c(CNc2ccccc2C(=[NH2+])c2ncc(CCN3CCCC(F)(F)C3)c(Nc3ccncc3)n2)c(F)c1. The summed E-state index contributed by atoms with van der Waals surface area (Å²) in [6.07, 6.45) is 5.71. The average Bonchev–Trinajstić information content (AvgIpc) is 3.00. The lowest BCUT2D eigenvalue weighted by Crippen LogP contribution is -2.43. The quantitative estimate of drug-likeness (QED) is 0.157. The number of likely N-dealkylation sites (tertiary alicyclic amines) is 1. The van der Waals surface area contributed by atoms with Crippen molar-refractivity contribution < 1.29 is 27.7 Å². The second kappa shape index (κ2) is 13.8. The van der Waals surface area contributed by atoms with Crippen LogP contribution in [0.2, 0.25) is 0 Å². The van der Waals surface area contributed by atoms with Gasteiger partial charge in [0.25, 0.3) is 11.6 Å². The summed E-state index contributed by atoms with van der Waals surface area (Å²) in [6, 6.07) is 12.9. The molecule has 8 nitrogen and oxygen atoms in total. The molecule has 0 radical (unpaired) electrons. The molecule has 0 atom stereocenters. The average molecular weight is 609 g/mol. The molecule has 2 aromatic carbocycles. The summed E-state index contributed by atoms with van der Waals surface area (Å²) in [5.41, 5.74) is 2.63. The number of hydrogen-bond donors (Lipinski definition) is 3. The van der Waals surface area contributed by atoms with E-state index in [4.69, 9.17) is 15.1 Å². The lowest BCUT2D eigenvalue weighted by molar-refractivity contribution is -0.112. The van der Waals surface area contributed by atoms with E-state index in [0.717, 1.165) is 23.4 Å². The number of piperidine rings is 1. The normalized spacial score (nSPS) is 14.7. The van der Waals surface area contributed by atoms with Crippen molar-refractivity contribution in [2.24, 2.45) is 0 Å². The predicted octanol–water partition coefficient (Wildman–Crippen LogP) is 4.77. The van der Waals surface area contributed by atoms with Gasteiger partial charge in [0.2, 0.25) is 5.82 Å². The fraction of sp³-hybridized carbons (Fsp3) is 0.312. The van der Waals surface area contributed by atoms with Crippen molar-refractivity contribution in [3.63, 3.8) is 0 Å². The molecule has 1 saturated heterocycles. The Labute approximate surface area is 253 Å². The van der Waals surface area contributed by atoms with Crippen molar-refractivity contribution in [1.82, 2.24) is 19.9 Å². The van der Waals surface area contributed by atoms with Crippen LogP contribution in [-0.2, 0) is 13.0 Å². The Morgan fingerprint density at radius 2 is 1.84 bits per heavy atom. The molecule has 0 bridgehead atoms. The molecule has 4 N–H and O–H groups in total. The zero-order valence-electron chi connectivity index (χ0n) is 24.3. The van der Waals surface area contributed by atoms with Crippen LogP contribution in [0.4, 0.5) is 34.8 Å². The number of para-hydroxylation sites is 1. The number of anilines is 3. The highest BCUT2D eigenvalue weighted by atomic mass is 19.3. The van der Waals surface area contributed by atoms with Gasteiger partial charge in [0.15, 0.2) is 0 Å². The number of nitrogens with two attached hydrogens (primary N) is 1. The zero-order valence-corrected chi connectivity index (χ0v) is 24.3. The molecule has 1 fully saturated rings. The van der Waals surface area contributed by atoms with Gasteiger partial charge in [0.1, 0.15) is 23.2 Å². The second-order valence-corrected chi connectivity index (χ2v) is 10.5. The highest BCUT2D eigenvalue weighted by Crippen LogP contribution is 2.28. The zero-order chi connectivity index (χ0) is 31.1. The Kier molecular flexibility index (Phi) is 9.69. The molecule has 1 aliphatic rings. The van der Waals surface area contributed by atoms with Crippen LogP contribution in [0.15, 0.2) is 67.1 Å². The van der Waals surface area contributed by atoms with Gasteiger partial charge in [-0.05, 0) is 50.6 Å². The molecule has 4 aromatic rings. The number of rotatable bonds is 12. The van der Waals surface area contributed by atoms with Crippen LogP contribution in [0.5, 0.6) is 5.75 Å². The molecule has 0 saturated carbocycles. The number of hydrogen-bond acceptors (Lipinski definition) is 7. The molecule has 5 rings (SSSR count). The standard InChI is InChI=1S/C32H33F4N7O/c1-2-44-23-16-26(33)25(27(34)17-23)19-39-28-7-4-3-6-24(28)29(37)31-40-18-21(10-15-43-14-5-11-32(35,36)20-43)30(42-31)41-22-8-12-38-13-9-22/h3-4,6-9,12-13,16-18,37,39H,2,5,10-11,14-15,19-20H2,1H3,(H,38,40,41,42)/p+1. The topological polar surface area (TPSA) is 101 Å². The maximum absolute atomic E-state index is 14.7. The van der Waals surface area contributed by atoms with Crippen LogP contribution < -0.4 is 20.8 Å². The van der Waals surface area contributed by atoms with Crippen LogP contribution >= 0.6 is 0 Å². The van der Waals surface area contributed by atoms with E-state index in [9.17, 15) is 17.6 Å². The van der Waals surface area contributed by atoms with Gasteiger partial charge in [-0.2, -0.15) is 0 Å². The van der Waals surface area contributed by atoms with Gasteiger partial charge in [-0.3, -0.25) is 15.3 Å². The van der Waals surface area contributed by atoms with Gasteiger partial charge in [-0.25, -0.2) is 27.5 Å². The number of alkyl halides is 2. The van der Waals surface area contributed by atoms with Crippen molar-refractivity contribution in [3.8, 4) is 5.75 Å². The number of nitrogens with zero attached hydrogens (tertiary/aromatic N) is 4. The molecular weight excluding hydrogens is 574 g/mol. The molecule has 0 aliphatic carbocycles. The molecule has 0 amide bonds. The van der Waals surface area contributed by atoms with Crippen LogP contribution in [-0.4, -0.2) is 57.7 Å². The van der Waals surface area contributed by atoms with Gasteiger partial charge in [0, 0.05) is 72.7 Å². The summed E-state index contributed by atoms with van der Waals surface area (Å²) >= 11 is 0. The summed E-state index contributed by atoms with van der Waals surface area (Å²) in [4.78, 5) is 15.0. The third-order valence-electron chi connectivity index (χ3n) is 7.32. The van der Waals surface area contributed by atoms with E-state index < -0.39 is 17.6 Å². The fourth-order valence-corrected chi connectivity index (χ4v) is 5.09. The maximum Gasteiger partial charge on any atom is 0.260 e. The van der Waals surface area contributed by atoms with E-state index in [2.05, 4.69) is 20.6 Å². The summed E-state index contributed by atoms with van der Waals surface area (Å²) in [5.74, 6) is -3.32. The number of ether oxygens (including phenoxy) is 1. The van der Waals surface area contributed by atoms with Crippen LogP contribution in [0.25, 0.3) is 0 Å². The molecule has 0 spiro atoms. The van der Waals surface area contributed by atoms with Gasteiger partial charge >= 0.3 is 0 Å². The first-order valence-electron chi connectivity index (χ1n) is 14.4. The number of aromatic nitrogens is 3. The highest BCUT2D eigenvalue weighted by molar-refractivity contribution is 6.10. The second-order valence-electron chi connectivity index (χ2n) is 10.5. The first kappa shape index (κ1) is 30.9. The highest BCUT2D eigenvalue weighted by Gasteiger charge is 2.34. The first-order chi connectivity index (χ1) is 21.2. The van der Waals surface area contributed by atoms with E-state index in [1.54, 1.807) is 66.8 Å². The number of benzene rings is 2. The Morgan fingerprint density at radius 3 is 2.57 bits per heavy atom. The van der Waals surface area contributed by atoms with Crippen LogP contribution in [0.1, 0.15) is 42.3 Å². The Bertz CT molecular complexity index is 1580. The van der Waals surface area contributed by atoms with Crippen molar-refractivity contribution >= 4 is 22.9 Å². The van der Waals surface area contributed by atoms with Crippen molar-refractivity contribution in [2.75, 3.05) is 36.9 Å². The predicted molar refractivity (Wildman–Crippen MR) is 160 cm³/mol. The molecule has 44 heavy (non-hydrogen) atoms. The molecule has 0 unspecified atom stereocenters. The smallest absolute Gasteiger partial charge is 0.260 e. The first-order valence-corrected chi connectivity index (χ1v) is 14.4. The number of pyridine rings is 1. The largest absolute Gasteiger partial charge is 0.494 e. The van der Waals surface area contributed by atoms with Gasteiger partial charge in [-0.1, -0.05) is 12.1 Å². The van der Waals surface area contributed by atoms with E-state index in [1.807, 2.05) is 0 Å².